The number of aryl methyl sites for hydroxylation is 1. The van der Waals surface area contributed by atoms with E-state index >= 15 is 0 Å². The van der Waals surface area contributed by atoms with Crippen molar-refractivity contribution in [2.75, 3.05) is 17.7 Å². The van der Waals surface area contributed by atoms with Gasteiger partial charge in [-0.2, -0.15) is 4.98 Å². The summed E-state index contributed by atoms with van der Waals surface area (Å²) in [5.41, 5.74) is 1.10. The van der Waals surface area contributed by atoms with Crippen LogP contribution in [0.3, 0.4) is 0 Å². The number of hydrogen-bond acceptors (Lipinski definition) is 6. The number of nitrogens with zero attached hydrogens (tertiary/aromatic N) is 2. The molecule has 0 radical (unpaired) electrons. The standard InChI is InChI=1S/C11H13ClN4O3/c1-5-8-9(16-11(12)13-5)14-6(10(18)15-8)3-4-7(17)19-2/h6H,3-4H2,1-2H3,(H,15,18)(H,13,14,16). The fourth-order valence-corrected chi connectivity index (χ4v) is 2.01. The molecule has 1 aliphatic rings. The summed E-state index contributed by atoms with van der Waals surface area (Å²) < 4.78 is 4.54. The number of carbonyl (C=O) groups excluding carboxylic acids is 2. The van der Waals surface area contributed by atoms with E-state index in [0.717, 1.165) is 0 Å². The minimum absolute atomic E-state index is 0.103. The van der Waals surface area contributed by atoms with Crippen LogP contribution in [-0.4, -0.2) is 35.0 Å². The van der Waals surface area contributed by atoms with Crippen molar-refractivity contribution in [3.05, 3.63) is 11.0 Å². The molecule has 8 heteroatoms. The Hall–Kier alpha value is -1.89. The summed E-state index contributed by atoms with van der Waals surface area (Å²) in [5.74, 6) is -0.130. The zero-order valence-corrected chi connectivity index (χ0v) is 11.2. The van der Waals surface area contributed by atoms with Crippen molar-refractivity contribution in [3.8, 4) is 0 Å². The van der Waals surface area contributed by atoms with Crippen LogP contribution < -0.4 is 10.6 Å². The zero-order chi connectivity index (χ0) is 14.0. The molecule has 0 spiro atoms. The number of amides is 1. The lowest BCUT2D eigenvalue weighted by molar-refractivity contribution is -0.140. The number of rotatable bonds is 3. The second kappa shape index (κ2) is 5.40. The highest BCUT2D eigenvalue weighted by Gasteiger charge is 2.28. The fraction of sp³-hybridized carbons (Fsp3) is 0.455. The summed E-state index contributed by atoms with van der Waals surface area (Å²) in [6.07, 6.45) is 0.466. The Morgan fingerprint density at radius 2 is 2.21 bits per heavy atom. The molecule has 1 aliphatic heterocycles. The molecule has 1 aromatic rings. The molecule has 0 bridgehead atoms. The van der Waals surface area contributed by atoms with E-state index in [1.54, 1.807) is 6.92 Å². The second-order valence-corrected chi connectivity index (χ2v) is 4.44. The molecule has 7 nitrogen and oxygen atoms in total. The van der Waals surface area contributed by atoms with E-state index in [0.29, 0.717) is 23.6 Å². The van der Waals surface area contributed by atoms with Gasteiger partial charge in [-0.25, -0.2) is 4.98 Å². The summed E-state index contributed by atoms with van der Waals surface area (Å²) in [5, 5.41) is 5.77. The average Bonchev–Trinajstić information content (AvgIpc) is 2.37. The van der Waals surface area contributed by atoms with E-state index in [9.17, 15) is 9.59 Å². The van der Waals surface area contributed by atoms with Gasteiger partial charge in [0.25, 0.3) is 0 Å². The highest BCUT2D eigenvalue weighted by molar-refractivity contribution is 6.28. The van der Waals surface area contributed by atoms with Crippen LogP contribution in [0, 0.1) is 6.92 Å². The predicted molar refractivity (Wildman–Crippen MR) is 69.1 cm³/mol. The van der Waals surface area contributed by atoms with Gasteiger partial charge in [-0.3, -0.25) is 9.59 Å². The number of nitrogens with one attached hydrogen (secondary N) is 2. The smallest absolute Gasteiger partial charge is 0.305 e. The number of ether oxygens (including phenoxy) is 1. The predicted octanol–water partition coefficient (Wildman–Crippen LogP) is 1.12. The van der Waals surface area contributed by atoms with Gasteiger partial charge < -0.3 is 15.4 Å². The molecule has 0 aromatic carbocycles. The van der Waals surface area contributed by atoms with E-state index in [-0.39, 0.29) is 23.6 Å². The third-order valence-electron chi connectivity index (χ3n) is 2.80. The molecule has 0 fully saturated rings. The zero-order valence-electron chi connectivity index (χ0n) is 10.5. The van der Waals surface area contributed by atoms with E-state index in [1.807, 2.05) is 0 Å². The number of methoxy groups -OCH3 is 1. The maximum absolute atomic E-state index is 11.9. The Balaban J connectivity index is 2.15. The van der Waals surface area contributed by atoms with Gasteiger partial charge in [0.1, 0.15) is 11.7 Å². The molecule has 2 rings (SSSR count). The van der Waals surface area contributed by atoms with Crippen molar-refractivity contribution in [1.82, 2.24) is 9.97 Å². The van der Waals surface area contributed by atoms with Gasteiger partial charge in [0.15, 0.2) is 5.82 Å². The van der Waals surface area contributed by atoms with E-state index in [1.165, 1.54) is 7.11 Å². The molecule has 1 atom stereocenters. The number of halogens is 1. The fourth-order valence-electron chi connectivity index (χ4n) is 1.80. The first kappa shape index (κ1) is 13.5. The summed E-state index contributed by atoms with van der Waals surface area (Å²) in [6.45, 7) is 1.73. The SMILES string of the molecule is COC(=O)CCC1Nc2nc(Cl)nc(C)c2NC1=O. The average molecular weight is 285 g/mol. The van der Waals surface area contributed by atoms with Crippen molar-refractivity contribution >= 4 is 35.0 Å². The van der Waals surface area contributed by atoms with E-state index in [4.69, 9.17) is 11.6 Å². The lowest BCUT2D eigenvalue weighted by atomic mass is 10.1. The molecule has 1 unspecified atom stereocenters. The van der Waals surface area contributed by atoms with Crippen molar-refractivity contribution in [3.63, 3.8) is 0 Å². The number of aromatic nitrogens is 2. The van der Waals surface area contributed by atoms with Crippen LogP contribution in [-0.2, 0) is 14.3 Å². The first-order valence-electron chi connectivity index (χ1n) is 5.69. The molecule has 102 valence electrons. The van der Waals surface area contributed by atoms with Crippen molar-refractivity contribution in [1.29, 1.82) is 0 Å². The van der Waals surface area contributed by atoms with E-state index in [2.05, 4.69) is 25.3 Å². The van der Waals surface area contributed by atoms with Crippen molar-refractivity contribution in [2.24, 2.45) is 0 Å². The third-order valence-corrected chi connectivity index (χ3v) is 2.97. The van der Waals surface area contributed by atoms with Crippen LogP contribution in [0.5, 0.6) is 0 Å². The second-order valence-electron chi connectivity index (χ2n) is 4.10. The first-order chi connectivity index (χ1) is 9.01. The Bertz CT molecular complexity index is 535. The summed E-state index contributed by atoms with van der Waals surface area (Å²) in [4.78, 5) is 30.9. The van der Waals surface area contributed by atoms with Gasteiger partial charge in [0.2, 0.25) is 11.2 Å². The van der Waals surface area contributed by atoms with Crippen molar-refractivity contribution in [2.45, 2.75) is 25.8 Å². The normalized spacial score (nSPS) is 17.2. The van der Waals surface area contributed by atoms with E-state index < -0.39 is 6.04 Å². The third kappa shape index (κ3) is 2.93. The van der Waals surface area contributed by atoms with Crippen LogP contribution in [0.25, 0.3) is 0 Å². The summed E-state index contributed by atoms with van der Waals surface area (Å²) >= 11 is 5.77. The van der Waals surface area contributed by atoms with Gasteiger partial charge in [0.05, 0.1) is 12.8 Å². The Kier molecular flexibility index (Phi) is 3.84. The van der Waals surface area contributed by atoms with Gasteiger partial charge in [-0.15, -0.1) is 0 Å². The number of esters is 1. The number of anilines is 2. The number of fused-ring (bicyclic) bond motifs is 1. The Morgan fingerprint density at radius 1 is 1.47 bits per heavy atom. The Labute approximate surface area is 114 Å². The Morgan fingerprint density at radius 3 is 2.89 bits per heavy atom. The highest BCUT2D eigenvalue weighted by Crippen LogP contribution is 2.29. The molecular formula is C11H13ClN4O3. The minimum Gasteiger partial charge on any atom is -0.469 e. The van der Waals surface area contributed by atoms with Crippen molar-refractivity contribution < 1.29 is 14.3 Å². The van der Waals surface area contributed by atoms with Gasteiger partial charge in [0, 0.05) is 6.42 Å². The lowest BCUT2D eigenvalue weighted by Crippen LogP contribution is -2.40. The first-order valence-corrected chi connectivity index (χ1v) is 6.07. The maximum atomic E-state index is 11.9. The molecule has 19 heavy (non-hydrogen) atoms. The van der Waals surface area contributed by atoms with Crippen LogP contribution in [0.15, 0.2) is 0 Å². The number of hydrogen-bond donors (Lipinski definition) is 2. The van der Waals surface area contributed by atoms with Crippen LogP contribution >= 0.6 is 11.6 Å². The summed E-state index contributed by atoms with van der Waals surface area (Å²) in [6, 6.07) is -0.544. The molecule has 2 heterocycles. The molecule has 0 saturated carbocycles. The van der Waals surface area contributed by atoms with Crippen LogP contribution in [0.4, 0.5) is 11.5 Å². The van der Waals surface area contributed by atoms with Crippen LogP contribution in [0.2, 0.25) is 5.28 Å². The quantitative estimate of drug-likeness (QED) is 0.638. The largest absolute Gasteiger partial charge is 0.469 e. The molecule has 2 N–H and O–H groups in total. The lowest BCUT2D eigenvalue weighted by Gasteiger charge is -2.26. The molecule has 1 aromatic heterocycles. The highest BCUT2D eigenvalue weighted by atomic mass is 35.5. The van der Waals surface area contributed by atoms with Gasteiger partial charge in [-0.05, 0) is 24.9 Å². The molecule has 0 aliphatic carbocycles. The minimum atomic E-state index is -0.544. The monoisotopic (exact) mass is 284 g/mol. The number of carbonyl (C=O) groups is 2. The molecular weight excluding hydrogens is 272 g/mol. The van der Waals surface area contributed by atoms with Crippen LogP contribution in [0.1, 0.15) is 18.5 Å². The molecule has 0 saturated heterocycles. The molecule has 1 amide bonds. The summed E-state index contributed by atoms with van der Waals surface area (Å²) in [7, 11) is 1.31. The van der Waals surface area contributed by atoms with Gasteiger partial charge in [-0.1, -0.05) is 0 Å². The maximum Gasteiger partial charge on any atom is 0.305 e. The van der Waals surface area contributed by atoms with Gasteiger partial charge >= 0.3 is 5.97 Å². The topological polar surface area (TPSA) is 93.2 Å².